The van der Waals surface area contributed by atoms with Crippen LogP contribution in [0, 0.1) is 5.92 Å². The third-order valence-corrected chi connectivity index (χ3v) is 4.18. The molecular weight excluding hydrogens is 208 g/mol. The van der Waals surface area contributed by atoms with E-state index in [1.54, 1.807) is 0 Å². The molecule has 1 saturated carbocycles. The molecule has 17 heavy (non-hydrogen) atoms. The summed E-state index contributed by atoms with van der Waals surface area (Å²) < 4.78 is 0. The van der Waals surface area contributed by atoms with Gasteiger partial charge in [-0.05, 0) is 36.8 Å². The van der Waals surface area contributed by atoms with Crippen LogP contribution >= 0.6 is 0 Å². The topological polar surface area (TPSA) is 38.4 Å². The van der Waals surface area contributed by atoms with Gasteiger partial charge in [-0.3, -0.25) is 4.99 Å². The Morgan fingerprint density at radius 3 is 2.71 bits per heavy atom. The molecule has 0 amide bonds. The summed E-state index contributed by atoms with van der Waals surface area (Å²) in [6.45, 7) is 0. The van der Waals surface area contributed by atoms with Crippen molar-refractivity contribution < 1.29 is 0 Å². The summed E-state index contributed by atoms with van der Waals surface area (Å²) in [5.74, 6) is 1.46. The SMILES string of the molecule is NC(=NC1CCc2ccccc21)C1CCCC1. The number of hydrogen-bond donors (Lipinski definition) is 1. The number of hydrogen-bond acceptors (Lipinski definition) is 1. The second-order valence-corrected chi connectivity index (χ2v) is 5.29. The number of amidine groups is 1. The molecule has 2 aliphatic carbocycles. The Morgan fingerprint density at radius 2 is 1.88 bits per heavy atom. The molecule has 1 atom stereocenters. The summed E-state index contributed by atoms with van der Waals surface area (Å²) in [4.78, 5) is 4.79. The van der Waals surface area contributed by atoms with Gasteiger partial charge in [-0.15, -0.1) is 0 Å². The van der Waals surface area contributed by atoms with E-state index >= 15 is 0 Å². The molecule has 0 radical (unpaired) electrons. The molecule has 2 aliphatic rings. The Bertz CT molecular complexity index is 430. The van der Waals surface area contributed by atoms with E-state index in [4.69, 9.17) is 10.7 Å². The van der Waals surface area contributed by atoms with E-state index in [1.165, 1.54) is 36.8 Å². The molecule has 0 bridgehead atoms. The van der Waals surface area contributed by atoms with Crippen molar-refractivity contribution in [1.82, 2.24) is 0 Å². The minimum absolute atomic E-state index is 0.326. The molecule has 2 heteroatoms. The highest BCUT2D eigenvalue weighted by molar-refractivity contribution is 5.83. The lowest BCUT2D eigenvalue weighted by atomic mass is 10.1. The van der Waals surface area contributed by atoms with Crippen LogP contribution in [0.1, 0.15) is 49.3 Å². The molecule has 0 heterocycles. The molecule has 3 rings (SSSR count). The van der Waals surface area contributed by atoms with Gasteiger partial charge in [0.1, 0.15) is 0 Å². The van der Waals surface area contributed by atoms with Crippen molar-refractivity contribution in [3.8, 4) is 0 Å². The van der Waals surface area contributed by atoms with E-state index in [0.717, 1.165) is 18.7 Å². The smallest absolute Gasteiger partial charge is 0.0976 e. The molecule has 1 aromatic carbocycles. The van der Waals surface area contributed by atoms with Crippen molar-refractivity contribution in [1.29, 1.82) is 0 Å². The van der Waals surface area contributed by atoms with Gasteiger partial charge in [0.2, 0.25) is 0 Å². The lowest BCUT2D eigenvalue weighted by Crippen LogP contribution is -2.22. The van der Waals surface area contributed by atoms with Crippen LogP contribution in [0.2, 0.25) is 0 Å². The van der Waals surface area contributed by atoms with Crippen LogP contribution in [0.25, 0.3) is 0 Å². The number of fused-ring (bicyclic) bond motifs is 1. The van der Waals surface area contributed by atoms with Crippen LogP contribution in [0.3, 0.4) is 0 Å². The van der Waals surface area contributed by atoms with Gasteiger partial charge in [-0.1, -0.05) is 37.1 Å². The number of nitrogens with two attached hydrogens (primary N) is 1. The first kappa shape index (κ1) is 10.8. The van der Waals surface area contributed by atoms with Crippen LogP contribution < -0.4 is 5.73 Å². The van der Waals surface area contributed by atoms with E-state index in [-0.39, 0.29) is 0 Å². The van der Waals surface area contributed by atoms with Crippen LogP contribution in [0.5, 0.6) is 0 Å². The molecule has 1 unspecified atom stereocenters. The zero-order valence-corrected chi connectivity index (χ0v) is 10.2. The number of benzene rings is 1. The molecule has 1 aromatic rings. The summed E-state index contributed by atoms with van der Waals surface area (Å²) in [5, 5.41) is 0. The fourth-order valence-electron chi connectivity index (χ4n) is 3.18. The largest absolute Gasteiger partial charge is 0.387 e. The maximum atomic E-state index is 6.17. The third kappa shape index (κ3) is 2.08. The summed E-state index contributed by atoms with van der Waals surface area (Å²) in [7, 11) is 0. The predicted molar refractivity (Wildman–Crippen MR) is 71.1 cm³/mol. The van der Waals surface area contributed by atoms with Crippen molar-refractivity contribution in [2.24, 2.45) is 16.6 Å². The van der Waals surface area contributed by atoms with E-state index in [1.807, 2.05) is 0 Å². The first-order chi connectivity index (χ1) is 8.34. The first-order valence-electron chi connectivity index (χ1n) is 6.75. The average molecular weight is 228 g/mol. The summed E-state index contributed by atoms with van der Waals surface area (Å²) in [6.07, 6.45) is 7.41. The minimum Gasteiger partial charge on any atom is -0.387 e. The van der Waals surface area contributed by atoms with Crippen molar-refractivity contribution in [3.63, 3.8) is 0 Å². The Hall–Kier alpha value is -1.31. The number of rotatable bonds is 2. The molecular formula is C15H20N2. The third-order valence-electron chi connectivity index (χ3n) is 4.18. The van der Waals surface area contributed by atoms with Gasteiger partial charge in [-0.25, -0.2) is 0 Å². The summed E-state index contributed by atoms with van der Waals surface area (Å²) in [5.41, 5.74) is 9.02. The molecule has 0 aliphatic heterocycles. The first-order valence-corrected chi connectivity index (χ1v) is 6.75. The Labute approximate surface area is 103 Å². The Balaban J connectivity index is 1.80. The average Bonchev–Trinajstić information content (AvgIpc) is 2.98. The second kappa shape index (κ2) is 4.52. The molecule has 0 spiro atoms. The van der Waals surface area contributed by atoms with Gasteiger partial charge in [0.15, 0.2) is 0 Å². The summed E-state index contributed by atoms with van der Waals surface area (Å²) in [6, 6.07) is 8.98. The van der Waals surface area contributed by atoms with Gasteiger partial charge in [0, 0.05) is 5.92 Å². The zero-order chi connectivity index (χ0) is 11.7. The van der Waals surface area contributed by atoms with E-state index < -0.39 is 0 Å². The fourth-order valence-corrected chi connectivity index (χ4v) is 3.18. The monoisotopic (exact) mass is 228 g/mol. The van der Waals surface area contributed by atoms with Crippen LogP contribution in [-0.4, -0.2) is 5.84 Å². The highest BCUT2D eigenvalue weighted by Crippen LogP contribution is 2.35. The van der Waals surface area contributed by atoms with Gasteiger partial charge in [-0.2, -0.15) is 0 Å². The highest BCUT2D eigenvalue weighted by atomic mass is 14.9. The summed E-state index contributed by atoms with van der Waals surface area (Å²) >= 11 is 0. The fraction of sp³-hybridized carbons (Fsp3) is 0.533. The number of nitrogens with zero attached hydrogens (tertiary/aromatic N) is 1. The van der Waals surface area contributed by atoms with Gasteiger partial charge < -0.3 is 5.73 Å². The second-order valence-electron chi connectivity index (χ2n) is 5.29. The standard InChI is InChI=1S/C15H20N2/c16-15(12-6-1-2-7-12)17-14-10-9-11-5-3-4-8-13(11)14/h3-5,8,12,14H,1-2,6-7,9-10H2,(H2,16,17). The van der Waals surface area contributed by atoms with Crippen molar-refractivity contribution in [2.45, 2.75) is 44.6 Å². The van der Waals surface area contributed by atoms with Gasteiger partial charge in [0.25, 0.3) is 0 Å². The predicted octanol–water partition coefficient (Wildman–Crippen LogP) is 3.22. The highest BCUT2D eigenvalue weighted by Gasteiger charge is 2.24. The lowest BCUT2D eigenvalue weighted by molar-refractivity contribution is 0.672. The van der Waals surface area contributed by atoms with Crippen molar-refractivity contribution in [2.75, 3.05) is 0 Å². The van der Waals surface area contributed by atoms with Crippen LogP contribution in [0.15, 0.2) is 29.3 Å². The molecule has 0 aromatic heterocycles. The molecule has 2 nitrogen and oxygen atoms in total. The van der Waals surface area contributed by atoms with Crippen molar-refractivity contribution >= 4 is 5.84 Å². The van der Waals surface area contributed by atoms with Gasteiger partial charge >= 0.3 is 0 Å². The molecule has 1 fully saturated rings. The molecule has 90 valence electrons. The lowest BCUT2D eigenvalue weighted by Gasteiger charge is -2.12. The van der Waals surface area contributed by atoms with E-state index in [9.17, 15) is 0 Å². The quantitative estimate of drug-likeness (QED) is 0.612. The number of aryl methyl sites for hydroxylation is 1. The molecule has 2 N–H and O–H groups in total. The van der Waals surface area contributed by atoms with E-state index in [0.29, 0.717) is 12.0 Å². The molecule has 0 saturated heterocycles. The van der Waals surface area contributed by atoms with Crippen LogP contribution in [-0.2, 0) is 6.42 Å². The van der Waals surface area contributed by atoms with E-state index in [2.05, 4.69) is 24.3 Å². The maximum absolute atomic E-state index is 6.17. The minimum atomic E-state index is 0.326. The van der Waals surface area contributed by atoms with Crippen molar-refractivity contribution in [3.05, 3.63) is 35.4 Å². The normalized spacial score (nSPS) is 25.2. The Kier molecular flexibility index (Phi) is 2.87. The van der Waals surface area contributed by atoms with Gasteiger partial charge in [0.05, 0.1) is 11.9 Å². The Morgan fingerprint density at radius 1 is 1.12 bits per heavy atom. The number of aliphatic imine (C=N–C) groups is 1. The zero-order valence-electron chi connectivity index (χ0n) is 10.2. The van der Waals surface area contributed by atoms with Crippen LogP contribution in [0.4, 0.5) is 0 Å². The maximum Gasteiger partial charge on any atom is 0.0976 e.